The van der Waals surface area contributed by atoms with Gasteiger partial charge in [0.05, 0.1) is 0 Å². The molecule has 0 aromatic carbocycles. The summed E-state index contributed by atoms with van der Waals surface area (Å²) < 4.78 is 0. The zero-order valence-corrected chi connectivity index (χ0v) is 11.3. The minimum atomic E-state index is 0.273. The molecule has 0 unspecified atom stereocenters. The zero-order chi connectivity index (χ0) is 12.8. The lowest BCUT2D eigenvalue weighted by Crippen LogP contribution is -2.39. The molecule has 1 heterocycles. The van der Waals surface area contributed by atoms with Gasteiger partial charge in [-0.2, -0.15) is 0 Å². The van der Waals surface area contributed by atoms with Gasteiger partial charge in [0, 0.05) is 18.3 Å². The van der Waals surface area contributed by atoms with Crippen molar-refractivity contribution >= 4 is 5.82 Å². The summed E-state index contributed by atoms with van der Waals surface area (Å²) in [6, 6.07) is 2.03. The highest BCUT2D eigenvalue weighted by atomic mass is 15.0. The van der Waals surface area contributed by atoms with Crippen LogP contribution in [-0.4, -0.2) is 23.1 Å². The maximum Gasteiger partial charge on any atom is 0.129 e. The van der Waals surface area contributed by atoms with Crippen LogP contribution in [0.4, 0.5) is 5.82 Å². The number of nitrogens with two attached hydrogens (primary N) is 1. The maximum atomic E-state index is 5.99. The molecule has 0 radical (unpaired) electrons. The van der Waals surface area contributed by atoms with Gasteiger partial charge < -0.3 is 11.1 Å². The van der Waals surface area contributed by atoms with E-state index >= 15 is 0 Å². The fourth-order valence-corrected chi connectivity index (χ4v) is 2.72. The van der Waals surface area contributed by atoms with E-state index in [-0.39, 0.29) is 5.41 Å². The van der Waals surface area contributed by atoms with E-state index in [4.69, 9.17) is 5.73 Å². The van der Waals surface area contributed by atoms with Crippen molar-refractivity contribution in [2.24, 2.45) is 11.1 Å². The molecule has 1 saturated carbocycles. The van der Waals surface area contributed by atoms with E-state index < -0.39 is 0 Å². The summed E-state index contributed by atoms with van der Waals surface area (Å²) in [5, 5.41) is 3.45. The molecular formula is C14H24N4. The minimum absolute atomic E-state index is 0.273. The van der Waals surface area contributed by atoms with Crippen LogP contribution in [0, 0.1) is 5.41 Å². The van der Waals surface area contributed by atoms with Gasteiger partial charge in [-0.05, 0) is 31.2 Å². The first-order valence-electron chi connectivity index (χ1n) is 7.03. The lowest BCUT2D eigenvalue weighted by molar-refractivity contribution is 0.215. The van der Waals surface area contributed by atoms with Crippen LogP contribution >= 0.6 is 0 Å². The Hall–Kier alpha value is -1.16. The van der Waals surface area contributed by atoms with Gasteiger partial charge in [0.25, 0.3) is 0 Å². The molecule has 1 aliphatic rings. The van der Waals surface area contributed by atoms with Crippen molar-refractivity contribution in [2.75, 3.05) is 18.4 Å². The maximum absolute atomic E-state index is 5.99. The minimum Gasteiger partial charge on any atom is -0.369 e. The summed E-state index contributed by atoms with van der Waals surface area (Å²) >= 11 is 0. The van der Waals surface area contributed by atoms with Crippen molar-refractivity contribution in [3.63, 3.8) is 0 Å². The van der Waals surface area contributed by atoms with Crippen molar-refractivity contribution in [2.45, 2.75) is 45.4 Å². The first kappa shape index (κ1) is 13.3. The third kappa shape index (κ3) is 3.19. The number of nitrogens with one attached hydrogen (secondary N) is 1. The van der Waals surface area contributed by atoms with Crippen LogP contribution in [0.3, 0.4) is 0 Å². The molecule has 2 rings (SSSR count). The quantitative estimate of drug-likeness (QED) is 0.839. The highest BCUT2D eigenvalue weighted by Crippen LogP contribution is 2.35. The van der Waals surface area contributed by atoms with Crippen molar-refractivity contribution in [3.05, 3.63) is 18.1 Å². The molecule has 1 fully saturated rings. The van der Waals surface area contributed by atoms with E-state index in [1.807, 2.05) is 6.07 Å². The van der Waals surface area contributed by atoms with Gasteiger partial charge in [0.15, 0.2) is 0 Å². The van der Waals surface area contributed by atoms with Crippen molar-refractivity contribution in [1.82, 2.24) is 9.97 Å². The molecule has 0 saturated heterocycles. The predicted molar refractivity (Wildman–Crippen MR) is 74.5 cm³/mol. The number of hydrogen-bond acceptors (Lipinski definition) is 4. The third-order valence-corrected chi connectivity index (χ3v) is 4.08. The molecule has 0 atom stereocenters. The number of hydrogen-bond donors (Lipinski definition) is 2. The lowest BCUT2D eigenvalue weighted by Gasteiger charge is -2.36. The number of aryl methyl sites for hydroxylation is 1. The fraction of sp³-hybridized carbons (Fsp3) is 0.714. The largest absolute Gasteiger partial charge is 0.369 e. The Bertz CT molecular complexity index is 372. The predicted octanol–water partition coefficient (Wildman–Crippen LogP) is 2.36. The highest BCUT2D eigenvalue weighted by Gasteiger charge is 2.30. The first-order chi connectivity index (χ1) is 8.78. The smallest absolute Gasteiger partial charge is 0.129 e. The number of anilines is 1. The Balaban J connectivity index is 1.96. The average Bonchev–Trinajstić information content (AvgIpc) is 2.46. The zero-order valence-electron chi connectivity index (χ0n) is 11.3. The van der Waals surface area contributed by atoms with Gasteiger partial charge in [-0.25, -0.2) is 9.97 Å². The summed E-state index contributed by atoms with van der Waals surface area (Å²) in [6.07, 6.45) is 9.03. The Morgan fingerprint density at radius 1 is 1.28 bits per heavy atom. The molecule has 0 bridgehead atoms. The van der Waals surface area contributed by atoms with Crippen LogP contribution in [0.5, 0.6) is 0 Å². The van der Waals surface area contributed by atoms with E-state index in [1.54, 1.807) is 6.33 Å². The molecule has 4 heteroatoms. The van der Waals surface area contributed by atoms with Crippen molar-refractivity contribution < 1.29 is 0 Å². The Morgan fingerprint density at radius 2 is 2.06 bits per heavy atom. The standard InChI is InChI=1S/C14H24N4/c1-2-12-8-13(18-11-17-12)16-10-14(9-15)6-4-3-5-7-14/h8,11H,2-7,9-10,15H2,1H3,(H,16,17,18). The SMILES string of the molecule is CCc1cc(NCC2(CN)CCCCC2)ncn1. The summed E-state index contributed by atoms with van der Waals surface area (Å²) in [5.74, 6) is 0.931. The Morgan fingerprint density at radius 3 is 2.72 bits per heavy atom. The molecule has 1 aliphatic carbocycles. The molecule has 0 aliphatic heterocycles. The number of aromatic nitrogens is 2. The van der Waals surface area contributed by atoms with Gasteiger partial charge in [-0.3, -0.25) is 0 Å². The Kier molecular flexibility index (Phi) is 4.53. The van der Waals surface area contributed by atoms with Crippen LogP contribution in [0.1, 0.15) is 44.7 Å². The van der Waals surface area contributed by atoms with Gasteiger partial charge >= 0.3 is 0 Å². The summed E-state index contributed by atoms with van der Waals surface area (Å²) in [6.45, 7) is 3.81. The molecule has 3 N–H and O–H groups in total. The van der Waals surface area contributed by atoms with E-state index in [1.165, 1.54) is 32.1 Å². The third-order valence-electron chi connectivity index (χ3n) is 4.08. The fourth-order valence-electron chi connectivity index (χ4n) is 2.72. The molecule has 18 heavy (non-hydrogen) atoms. The topological polar surface area (TPSA) is 63.8 Å². The molecule has 100 valence electrons. The van der Waals surface area contributed by atoms with Crippen LogP contribution in [0.15, 0.2) is 12.4 Å². The average molecular weight is 248 g/mol. The van der Waals surface area contributed by atoms with Crippen LogP contribution < -0.4 is 11.1 Å². The normalized spacial score (nSPS) is 18.6. The van der Waals surface area contributed by atoms with Crippen LogP contribution in [0.25, 0.3) is 0 Å². The molecular weight excluding hydrogens is 224 g/mol. The van der Waals surface area contributed by atoms with Crippen LogP contribution in [0.2, 0.25) is 0 Å². The van der Waals surface area contributed by atoms with Gasteiger partial charge in [0.1, 0.15) is 12.1 Å². The molecule has 1 aromatic rings. The second kappa shape index (κ2) is 6.14. The number of nitrogens with zero attached hydrogens (tertiary/aromatic N) is 2. The van der Waals surface area contributed by atoms with E-state index in [0.29, 0.717) is 0 Å². The van der Waals surface area contributed by atoms with E-state index in [0.717, 1.165) is 31.0 Å². The molecule has 1 aromatic heterocycles. The van der Waals surface area contributed by atoms with Gasteiger partial charge in [-0.15, -0.1) is 0 Å². The summed E-state index contributed by atoms with van der Waals surface area (Å²) in [5.41, 5.74) is 7.34. The second-order valence-corrected chi connectivity index (χ2v) is 5.37. The Labute approximate surface area is 109 Å². The van der Waals surface area contributed by atoms with E-state index in [2.05, 4.69) is 22.2 Å². The van der Waals surface area contributed by atoms with E-state index in [9.17, 15) is 0 Å². The molecule has 0 spiro atoms. The van der Waals surface area contributed by atoms with Crippen LogP contribution in [-0.2, 0) is 6.42 Å². The number of rotatable bonds is 5. The first-order valence-corrected chi connectivity index (χ1v) is 7.03. The van der Waals surface area contributed by atoms with Crippen molar-refractivity contribution in [1.29, 1.82) is 0 Å². The van der Waals surface area contributed by atoms with Gasteiger partial charge in [0.2, 0.25) is 0 Å². The lowest BCUT2D eigenvalue weighted by atomic mass is 9.74. The molecule has 4 nitrogen and oxygen atoms in total. The van der Waals surface area contributed by atoms with Crippen molar-refractivity contribution in [3.8, 4) is 0 Å². The monoisotopic (exact) mass is 248 g/mol. The summed E-state index contributed by atoms with van der Waals surface area (Å²) in [7, 11) is 0. The molecule has 0 amide bonds. The second-order valence-electron chi connectivity index (χ2n) is 5.37. The van der Waals surface area contributed by atoms with Gasteiger partial charge in [-0.1, -0.05) is 26.2 Å². The highest BCUT2D eigenvalue weighted by molar-refractivity contribution is 5.35. The summed E-state index contributed by atoms with van der Waals surface area (Å²) in [4.78, 5) is 8.49.